The fraction of sp³-hybridized carbons (Fsp3) is 0.600. The molecule has 20 heavy (non-hydrogen) atoms. The first-order valence-electron chi connectivity index (χ1n) is 6.87. The van der Waals surface area contributed by atoms with E-state index in [2.05, 4.69) is 26.1 Å². The van der Waals surface area contributed by atoms with Gasteiger partial charge in [-0.2, -0.15) is 0 Å². The van der Waals surface area contributed by atoms with Crippen molar-refractivity contribution in [1.82, 2.24) is 5.32 Å². The zero-order valence-corrected chi connectivity index (χ0v) is 13.7. The Kier molecular flexibility index (Phi) is 7.67. The van der Waals surface area contributed by atoms with Crippen LogP contribution in [-0.4, -0.2) is 30.9 Å². The summed E-state index contributed by atoms with van der Waals surface area (Å²) in [5, 5.41) is 14.0. The normalized spacial score (nSPS) is 14.3. The van der Waals surface area contributed by atoms with Gasteiger partial charge in [0.05, 0.1) is 10.0 Å². The van der Waals surface area contributed by atoms with Crippen LogP contribution in [-0.2, 0) is 0 Å². The molecule has 0 fully saturated rings. The molecule has 0 aliphatic carbocycles. The van der Waals surface area contributed by atoms with Crippen molar-refractivity contribution in [2.24, 2.45) is 11.8 Å². The Bertz CT molecular complexity index is 393. The van der Waals surface area contributed by atoms with Gasteiger partial charge in [-0.25, -0.2) is 0 Å². The molecule has 0 radical (unpaired) electrons. The van der Waals surface area contributed by atoms with Crippen LogP contribution in [0.4, 0.5) is 0 Å². The molecule has 1 aromatic rings. The second kappa shape index (κ2) is 8.73. The Morgan fingerprint density at radius 2 is 1.75 bits per heavy atom. The van der Waals surface area contributed by atoms with Crippen molar-refractivity contribution in [2.45, 2.75) is 26.9 Å². The molecule has 1 rings (SSSR count). The van der Waals surface area contributed by atoms with Gasteiger partial charge in [0.15, 0.2) is 5.75 Å². The highest BCUT2D eigenvalue weighted by atomic mass is 35.5. The van der Waals surface area contributed by atoms with Gasteiger partial charge >= 0.3 is 0 Å². The predicted molar refractivity (Wildman–Crippen MR) is 84.8 cm³/mol. The van der Waals surface area contributed by atoms with Crippen molar-refractivity contribution in [1.29, 1.82) is 0 Å². The zero-order chi connectivity index (χ0) is 15.1. The minimum Gasteiger partial charge on any atom is -0.488 e. The van der Waals surface area contributed by atoms with E-state index in [0.29, 0.717) is 34.2 Å². The molecular weight excluding hydrogens is 297 g/mol. The molecule has 5 heteroatoms. The third-order valence-corrected chi connectivity index (χ3v) is 3.92. The monoisotopic (exact) mass is 319 g/mol. The van der Waals surface area contributed by atoms with Crippen LogP contribution < -0.4 is 10.1 Å². The Labute approximate surface area is 131 Å². The summed E-state index contributed by atoms with van der Waals surface area (Å²) in [5.74, 6) is 1.62. The fourth-order valence-electron chi connectivity index (χ4n) is 1.57. The number of hydrogen-bond acceptors (Lipinski definition) is 3. The summed E-state index contributed by atoms with van der Waals surface area (Å²) in [4.78, 5) is 0. The summed E-state index contributed by atoms with van der Waals surface area (Å²) >= 11 is 12.0. The molecule has 2 unspecified atom stereocenters. The van der Waals surface area contributed by atoms with Gasteiger partial charge in [-0.15, -0.1) is 0 Å². The van der Waals surface area contributed by atoms with E-state index < -0.39 is 6.10 Å². The summed E-state index contributed by atoms with van der Waals surface area (Å²) in [6.07, 6.45) is -0.596. The number of halogens is 2. The Morgan fingerprint density at radius 1 is 1.15 bits per heavy atom. The zero-order valence-electron chi connectivity index (χ0n) is 12.2. The van der Waals surface area contributed by atoms with E-state index in [1.54, 1.807) is 18.2 Å². The molecule has 0 saturated heterocycles. The lowest BCUT2D eigenvalue weighted by atomic mass is 9.98. The van der Waals surface area contributed by atoms with Crippen LogP contribution in [0.3, 0.4) is 0 Å². The molecule has 3 nitrogen and oxygen atoms in total. The molecule has 0 heterocycles. The first-order valence-corrected chi connectivity index (χ1v) is 7.63. The van der Waals surface area contributed by atoms with Gasteiger partial charge in [-0.3, -0.25) is 0 Å². The quantitative estimate of drug-likeness (QED) is 0.769. The molecule has 0 amide bonds. The van der Waals surface area contributed by atoms with E-state index in [4.69, 9.17) is 27.9 Å². The van der Waals surface area contributed by atoms with Crippen molar-refractivity contribution < 1.29 is 9.84 Å². The van der Waals surface area contributed by atoms with E-state index in [1.165, 1.54) is 0 Å². The summed E-state index contributed by atoms with van der Waals surface area (Å²) < 4.78 is 5.48. The molecule has 2 N–H and O–H groups in total. The topological polar surface area (TPSA) is 41.5 Å². The average Bonchev–Trinajstić information content (AvgIpc) is 2.37. The largest absolute Gasteiger partial charge is 0.488 e. The average molecular weight is 320 g/mol. The van der Waals surface area contributed by atoms with E-state index in [0.717, 1.165) is 6.54 Å². The minimum absolute atomic E-state index is 0.159. The van der Waals surface area contributed by atoms with E-state index in [1.807, 2.05) is 0 Å². The summed E-state index contributed by atoms with van der Waals surface area (Å²) in [6, 6.07) is 5.16. The number of hydrogen-bond donors (Lipinski definition) is 2. The van der Waals surface area contributed by atoms with Crippen LogP contribution >= 0.6 is 23.2 Å². The standard InChI is InChI=1S/C15H23Cl2NO2/c1-10(2)11(3)7-18-8-12(19)9-20-15-13(16)5-4-6-14(15)17/h4-6,10-12,18-19H,7-9H2,1-3H3. The lowest BCUT2D eigenvalue weighted by Gasteiger charge is -2.18. The summed E-state index contributed by atoms with van der Waals surface area (Å²) in [7, 11) is 0. The van der Waals surface area contributed by atoms with Gasteiger partial charge in [0.1, 0.15) is 12.7 Å². The molecule has 0 spiro atoms. The van der Waals surface area contributed by atoms with Gasteiger partial charge in [0, 0.05) is 6.54 Å². The first kappa shape index (κ1) is 17.6. The molecule has 0 aliphatic heterocycles. The molecule has 114 valence electrons. The maximum atomic E-state index is 9.87. The van der Waals surface area contributed by atoms with Crippen LogP contribution in [0, 0.1) is 11.8 Å². The van der Waals surface area contributed by atoms with Crippen LogP contribution in [0.15, 0.2) is 18.2 Å². The molecule has 1 aromatic carbocycles. The maximum Gasteiger partial charge on any atom is 0.156 e. The third kappa shape index (κ3) is 5.88. The van der Waals surface area contributed by atoms with Crippen LogP contribution in [0.2, 0.25) is 10.0 Å². The van der Waals surface area contributed by atoms with E-state index in [9.17, 15) is 5.11 Å². The maximum absolute atomic E-state index is 9.87. The third-order valence-electron chi connectivity index (χ3n) is 3.32. The Hall–Kier alpha value is -0.480. The number of ether oxygens (including phenoxy) is 1. The molecule has 0 bridgehead atoms. The number of para-hydroxylation sites is 1. The number of aliphatic hydroxyl groups excluding tert-OH is 1. The van der Waals surface area contributed by atoms with Crippen molar-refractivity contribution in [2.75, 3.05) is 19.7 Å². The van der Waals surface area contributed by atoms with Gasteiger partial charge in [-0.05, 0) is 30.5 Å². The van der Waals surface area contributed by atoms with Gasteiger partial charge in [0.2, 0.25) is 0 Å². The molecule has 0 saturated carbocycles. The summed E-state index contributed by atoms with van der Waals surface area (Å²) in [5.41, 5.74) is 0. The highest BCUT2D eigenvalue weighted by Crippen LogP contribution is 2.32. The lowest BCUT2D eigenvalue weighted by molar-refractivity contribution is 0.105. The van der Waals surface area contributed by atoms with Crippen LogP contribution in [0.5, 0.6) is 5.75 Å². The number of aliphatic hydroxyl groups is 1. The van der Waals surface area contributed by atoms with Crippen molar-refractivity contribution in [3.05, 3.63) is 28.2 Å². The van der Waals surface area contributed by atoms with Crippen molar-refractivity contribution in [3.8, 4) is 5.75 Å². The molecule has 0 aromatic heterocycles. The minimum atomic E-state index is -0.596. The van der Waals surface area contributed by atoms with Gasteiger partial charge in [-0.1, -0.05) is 50.0 Å². The predicted octanol–water partition coefficient (Wildman–Crippen LogP) is 3.61. The molecular formula is C15H23Cl2NO2. The van der Waals surface area contributed by atoms with Crippen molar-refractivity contribution in [3.63, 3.8) is 0 Å². The number of rotatable bonds is 8. The Balaban J connectivity index is 2.31. The van der Waals surface area contributed by atoms with Crippen LogP contribution in [0.25, 0.3) is 0 Å². The van der Waals surface area contributed by atoms with Gasteiger partial charge in [0.25, 0.3) is 0 Å². The summed E-state index contributed by atoms with van der Waals surface area (Å²) in [6.45, 7) is 8.08. The fourth-order valence-corrected chi connectivity index (χ4v) is 2.08. The SMILES string of the molecule is CC(C)C(C)CNCC(O)COc1c(Cl)cccc1Cl. The highest BCUT2D eigenvalue weighted by Gasteiger charge is 2.11. The van der Waals surface area contributed by atoms with E-state index >= 15 is 0 Å². The smallest absolute Gasteiger partial charge is 0.156 e. The lowest BCUT2D eigenvalue weighted by Crippen LogP contribution is -2.34. The first-order chi connectivity index (χ1) is 9.41. The number of nitrogens with one attached hydrogen (secondary N) is 1. The van der Waals surface area contributed by atoms with Gasteiger partial charge < -0.3 is 15.2 Å². The molecule has 0 aliphatic rings. The molecule has 2 atom stereocenters. The highest BCUT2D eigenvalue weighted by molar-refractivity contribution is 6.37. The second-order valence-corrected chi connectivity index (χ2v) is 6.21. The van der Waals surface area contributed by atoms with E-state index in [-0.39, 0.29) is 6.61 Å². The van der Waals surface area contributed by atoms with Crippen LogP contribution in [0.1, 0.15) is 20.8 Å². The second-order valence-electron chi connectivity index (χ2n) is 5.40. The number of benzene rings is 1. The van der Waals surface area contributed by atoms with Crippen molar-refractivity contribution >= 4 is 23.2 Å². The Morgan fingerprint density at radius 3 is 2.30 bits per heavy atom.